The van der Waals surface area contributed by atoms with Crippen LogP contribution in [0.25, 0.3) is 0 Å². The fourth-order valence-electron chi connectivity index (χ4n) is 3.68. The van der Waals surface area contributed by atoms with Gasteiger partial charge in [-0.25, -0.2) is 13.1 Å². The van der Waals surface area contributed by atoms with Crippen LogP contribution in [0.4, 0.5) is 23.5 Å². The minimum Gasteiger partial charge on any atom is -0.350 e. The average molecular weight is 566 g/mol. The molecule has 3 rings (SSSR count). The van der Waals surface area contributed by atoms with Gasteiger partial charge in [0.25, 0.3) is 20.2 Å². The Morgan fingerprint density at radius 1 is 0.889 bits per heavy atom. The summed E-state index contributed by atoms with van der Waals surface area (Å²) in [5.74, 6) is -0.0301. The SMILES string of the molecule is CN(C)c1nc(Nc2cc(S(=O)(=O)O)ccc2S(=O)(=O)O)nc(NC2CCCCC2NS(C)(=O)=O)n1. The Morgan fingerprint density at radius 2 is 1.50 bits per heavy atom. The van der Waals surface area contributed by atoms with Crippen molar-refractivity contribution in [3.8, 4) is 0 Å². The van der Waals surface area contributed by atoms with E-state index in [0.717, 1.165) is 37.3 Å². The zero-order valence-electron chi connectivity index (χ0n) is 19.6. The van der Waals surface area contributed by atoms with Crippen LogP contribution in [0.1, 0.15) is 25.7 Å². The van der Waals surface area contributed by atoms with Gasteiger partial charge in [-0.2, -0.15) is 31.8 Å². The first kappa shape index (κ1) is 27.9. The Balaban J connectivity index is 2.02. The van der Waals surface area contributed by atoms with E-state index >= 15 is 0 Å². The van der Waals surface area contributed by atoms with E-state index in [2.05, 4.69) is 30.3 Å². The van der Waals surface area contributed by atoms with E-state index < -0.39 is 51.8 Å². The van der Waals surface area contributed by atoms with Gasteiger partial charge in [-0.15, -0.1) is 0 Å². The number of hydrogen-bond donors (Lipinski definition) is 5. The third-order valence-corrected chi connectivity index (χ3v) is 7.74. The largest absolute Gasteiger partial charge is 0.350 e. The van der Waals surface area contributed by atoms with Crippen LogP contribution in [0.15, 0.2) is 28.0 Å². The molecule has 1 aliphatic carbocycles. The quantitative estimate of drug-likeness (QED) is 0.261. The Bertz CT molecular complexity index is 1450. The van der Waals surface area contributed by atoms with Gasteiger partial charge in [-0.3, -0.25) is 9.11 Å². The zero-order valence-corrected chi connectivity index (χ0v) is 22.0. The van der Waals surface area contributed by atoms with Gasteiger partial charge in [-0.05, 0) is 31.0 Å². The molecule has 0 bridgehead atoms. The summed E-state index contributed by atoms with van der Waals surface area (Å²) < 4.78 is 91.9. The molecule has 1 saturated carbocycles. The van der Waals surface area contributed by atoms with E-state index in [4.69, 9.17) is 0 Å². The molecule has 2 aromatic rings. The van der Waals surface area contributed by atoms with Gasteiger partial charge in [-0.1, -0.05) is 12.8 Å². The minimum absolute atomic E-state index is 0.0442. The summed E-state index contributed by atoms with van der Waals surface area (Å²) in [5, 5.41) is 5.65. The average Bonchev–Trinajstić information content (AvgIpc) is 2.72. The van der Waals surface area contributed by atoms with Gasteiger partial charge in [0.05, 0.1) is 16.8 Å². The Labute approximate surface area is 209 Å². The summed E-state index contributed by atoms with van der Waals surface area (Å²) in [6, 6.07) is 1.65. The highest BCUT2D eigenvalue weighted by Crippen LogP contribution is 2.28. The summed E-state index contributed by atoms with van der Waals surface area (Å²) in [7, 11) is -9.69. The van der Waals surface area contributed by atoms with Gasteiger partial charge in [0.2, 0.25) is 27.9 Å². The standard InChI is InChI=1S/C18H27N7O8S3/c1-25(2)18-22-16(19-12-6-4-5-7-13(12)24-34(3,26)27)21-17(23-18)20-14-10-11(35(28,29)30)8-9-15(14)36(31,32)33/h8-10,12-13,24H,4-7H2,1-3H3,(H,28,29,30)(H,31,32,33)(H2,19,20,21,22,23). The third kappa shape index (κ3) is 7.43. The molecule has 18 heteroatoms. The van der Waals surface area contributed by atoms with Crippen LogP contribution < -0.4 is 20.3 Å². The van der Waals surface area contributed by atoms with Crippen molar-refractivity contribution in [1.29, 1.82) is 0 Å². The molecule has 36 heavy (non-hydrogen) atoms. The summed E-state index contributed by atoms with van der Waals surface area (Å²) in [6.07, 6.45) is 3.97. The first-order valence-electron chi connectivity index (χ1n) is 10.6. The fourth-order valence-corrected chi connectivity index (χ4v) is 5.65. The lowest BCUT2D eigenvalue weighted by atomic mass is 9.91. The van der Waals surface area contributed by atoms with Crippen LogP contribution in [0.3, 0.4) is 0 Å². The number of sulfonamides is 1. The van der Waals surface area contributed by atoms with Gasteiger partial charge in [0.15, 0.2) is 0 Å². The Morgan fingerprint density at radius 3 is 2.06 bits per heavy atom. The molecule has 1 heterocycles. The summed E-state index contributed by atoms with van der Waals surface area (Å²) >= 11 is 0. The van der Waals surface area contributed by atoms with Crippen LogP contribution in [-0.4, -0.2) is 81.7 Å². The second kappa shape index (κ2) is 10.4. The lowest BCUT2D eigenvalue weighted by molar-refractivity contribution is 0.378. The highest BCUT2D eigenvalue weighted by atomic mass is 32.2. The van der Waals surface area contributed by atoms with Crippen LogP contribution in [0, 0.1) is 0 Å². The molecular weight excluding hydrogens is 538 g/mol. The van der Waals surface area contributed by atoms with Crippen molar-refractivity contribution in [3.05, 3.63) is 18.2 Å². The van der Waals surface area contributed by atoms with Crippen molar-refractivity contribution in [2.24, 2.45) is 0 Å². The topological polar surface area (TPSA) is 221 Å². The molecule has 200 valence electrons. The monoisotopic (exact) mass is 565 g/mol. The Kier molecular flexibility index (Phi) is 8.06. The molecule has 1 aromatic heterocycles. The molecule has 0 aliphatic heterocycles. The molecule has 1 fully saturated rings. The molecule has 0 radical (unpaired) electrons. The maximum atomic E-state index is 11.8. The van der Waals surface area contributed by atoms with Gasteiger partial charge in [0, 0.05) is 26.2 Å². The maximum Gasteiger partial charge on any atom is 0.296 e. The van der Waals surface area contributed by atoms with Crippen LogP contribution >= 0.6 is 0 Å². The number of anilines is 4. The zero-order chi connectivity index (χ0) is 26.9. The third-order valence-electron chi connectivity index (χ3n) is 5.24. The molecule has 5 N–H and O–H groups in total. The van der Waals surface area contributed by atoms with Crippen LogP contribution in [-0.2, 0) is 30.3 Å². The fraction of sp³-hybridized carbons (Fsp3) is 0.500. The summed E-state index contributed by atoms with van der Waals surface area (Å²) in [6.45, 7) is 0. The molecule has 0 saturated heterocycles. The van der Waals surface area contributed by atoms with Crippen molar-refractivity contribution in [2.45, 2.75) is 47.6 Å². The molecule has 15 nitrogen and oxygen atoms in total. The van der Waals surface area contributed by atoms with E-state index in [0.29, 0.717) is 12.8 Å². The van der Waals surface area contributed by atoms with E-state index in [9.17, 15) is 34.4 Å². The van der Waals surface area contributed by atoms with E-state index in [1.807, 2.05) is 0 Å². The lowest BCUT2D eigenvalue weighted by Gasteiger charge is -2.32. The predicted octanol–water partition coefficient (Wildman–Crippen LogP) is 0.447. The van der Waals surface area contributed by atoms with Crippen molar-refractivity contribution in [1.82, 2.24) is 19.7 Å². The number of nitrogens with zero attached hydrogens (tertiary/aromatic N) is 4. The second-order valence-electron chi connectivity index (χ2n) is 8.44. The number of nitrogens with one attached hydrogen (secondary N) is 3. The van der Waals surface area contributed by atoms with Crippen LogP contribution in [0.2, 0.25) is 0 Å². The van der Waals surface area contributed by atoms with Crippen molar-refractivity contribution in [2.75, 3.05) is 35.9 Å². The summed E-state index contributed by atoms with van der Waals surface area (Å²) in [5.41, 5.74) is -0.413. The lowest BCUT2D eigenvalue weighted by Crippen LogP contribution is -2.48. The highest BCUT2D eigenvalue weighted by molar-refractivity contribution is 7.88. The normalized spacial score (nSPS) is 19.0. The molecule has 2 unspecified atom stereocenters. The van der Waals surface area contributed by atoms with Crippen molar-refractivity contribution < 1.29 is 34.4 Å². The first-order valence-corrected chi connectivity index (χ1v) is 15.3. The smallest absolute Gasteiger partial charge is 0.296 e. The molecule has 1 aromatic carbocycles. The maximum absolute atomic E-state index is 11.8. The van der Waals surface area contributed by atoms with E-state index in [1.165, 1.54) is 4.90 Å². The van der Waals surface area contributed by atoms with E-state index in [1.54, 1.807) is 14.1 Å². The number of rotatable bonds is 9. The van der Waals surface area contributed by atoms with Gasteiger partial charge in [0.1, 0.15) is 4.90 Å². The van der Waals surface area contributed by atoms with Gasteiger partial charge < -0.3 is 15.5 Å². The Hall–Kier alpha value is -2.64. The van der Waals surface area contributed by atoms with E-state index in [-0.39, 0.29) is 23.9 Å². The minimum atomic E-state index is -4.80. The molecule has 0 spiro atoms. The van der Waals surface area contributed by atoms with Gasteiger partial charge >= 0.3 is 0 Å². The predicted molar refractivity (Wildman–Crippen MR) is 131 cm³/mol. The molecular formula is C18H27N7O8S3. The van der Waals surface area contributed by atoms with Crippen molar-refractivity contribution >= 4 is 53.8 Å². The number of aromatic nitrogens is 3. The van der Waals surface area contributed by atoms with Crippen LogP contribution in [0.5, 0.6) is 0 Å². The second-order valence-corrected chi connectivity index (χ2v) is 13.0. The molecule has 1 aliphatic rings. The highest BCUT2D eigenvalue weighted by Gasteiger charge is 2.28. The first-order chi connectivity index (χ1) is 16.5. The number of hydrogen-bond acceptors (Lipinski definition) is 12. The summed E-state index contributed by atoms with van der Waals surface area (Å²) in [4.78, 5) is 12.9. The van der Waals surface area contributed by atoms with Crippen molar-refractivity contribution in [3.63, 3.8) is 0 Å². The number of benzene rings is 1. The molecule has 0 amide bonds. The molecule has 2 atom stereocenters.